The van der Waals surface area contributed by atoms with Crippen molar-refractivity contribution in [3.05, 3.63) is 114 Å². The molecule has 1 unspecified atom stereocenters. The summed E-state index contributed by atoms with van der Waals surface area (Å²) < 4.78 is 0. The number of H-pyrrole nitrogens is 1. The molecule has 4 heteroatoms. The number of nitrogens with one attached hydrogen (secondary N) is 2. The lowest BCUT2D eigenvalue weighted by Crippen LogP contribution is -2.29. The van der Waals surface area contributed by atoms with E-state index in [9.17, 15) is 4.79 Å². The monoisotopic (exact) mass is 405 g/mol. The Balaban J connectivity index is 1.38. The third-order valence-corrected chi connectivity index (χ3v) is 5.72. The van der Waals surface area contributed by atoms with E-state index in [2.05, 4.69) is 51.7 Å². The van der Waals surface area contributed by atoms with Crippen molar-refractivity contribution in [1.82, 2.24) is 15.3 Å². The second-order valence-electron chi connectivity index (χ2n) is 7.73. The highest BCUT2D eigenvalue weighted by Crippen LogP contribution is 2.25. The second-order valence-corrected chi connectivity index (χ2v) is 7.73. The van der Waals surface area contributed by atoms with E-state index in [1.165, 1.54) is 16.3 Å². The van der Waals surface area contributed by atoms with Crippen LogP contribution in [-0.4, -0.2) is 15.9 Å². The quantitative estimate of drug-likeness (QED) is 0.389. The van der Waals surface area contributed by atoms with Crippen molar-refractivity contribution in [2.45, 2.75) is 18.9 Å². The Labute approximate surface area is 181 Å². The van der Waals surface area contributed by atoms with E-state index < -0.39 is 0 Å². The number of benzene rings is 4. The molecule has 2 N–H and O–H groups in total. The zero-order valence-electron chi connectivity index (χ0n) is 17.1. The average molecular weight is 406 g/mol. The Morgan fingerprint density at radius 1 is 0.871 bits per heavy atom. The molecule has 152 valence electrons. The van der Waals surface area contributed by atoms with Crippen molar-refractivity contribution in [1.29, 1.82) is 0 Å². The van der Waals surface area contributed by atoms with Gasteiger partial charge in [-0.05, 0) is 46.0 Å². The van der Waals surface area contributed by atoms with Gasteiger partial charge in [-0.1, -0.05) is 78.9 Å². The molecule has 1 aromatic heterocycles. The van der Waals surface area contributed by atoms with Crippen LogP contribution in [0.3, 0.4) is 0 Å². The fourth-order valence-corrected chi connectivity index (χ4v) is 4.13. The first-order valence-corrected chi connectivity index (χ1v) is 10.5. The largest absolute Gasteiger partial charge is 0.345 e. The van der Waals surface area contributed by atoms with Gasteiger partial charge in [0.25, 0.3) is 0 Å². The van der Waals surface area contributed by atoms with Gasteiger partial charge in [-0.2, -0.15) is 0 Å². The van der Waals surface area contributed by atoms with Crippen molar-refractivity contribution in [2.75, 3.05) is 0 Å². The lowest BCUT2D eigenvalue weighted by atomic mass is 9.97. The number of imidazole rings is 1. The molecular formula is C27H23N3O. The highest BCUT2D eigenvalue weighted by atomic mass is 16.1. The van der Waals surface area contributed by atoms with Gasteiger partial charge >= 0.3 is 0 Å². The summed E-state index contributed by atoms with van der Waals surface area (Å²) in [5, 5.41) is 5.67. The fraction of sp³-hybridized carbons (Fsp3) is 0.111. The minimum absolute atomic E-state index is 0.0338. The number of hydrogen-bond donors (Lipinski definition) is 2. The van der Waals surface area contributed by atoms with Crippen molar-refractivity contribution >= 4 is 27.7 Å². The number of hydrogen-bond acceptors (Lipinski definition) is 2. The summed E-state index contributed by atoms with van der Waals surface area (Å²) in [4.78, 5) is 20.4. The van der Waals surface area contributed by atoms with E-state index in [4.69, 9.17) is 0 Å². The molecular weight excluding hydrogens is 382 g/mol. The zero-order valence-corrected chi connectivity index (χ0v) is 17.1. The van der Waals surface area contributed by atoms with Crippen molar-refractivity contribution in [2.24, 2.45) is 0 Å². The number of rotatable bonds is 6. The third kappa shape index (κ3) is 4.05. The van der Waals surface area contributed by atoms with Crippen molar-refractivity contribution in [3.8, 4) is 0 Å². The van der Waals surface area contributed by atoms with Gasteiger partial charge in [0.15, 0.2) is 0 Å². The van der Waals surface area contributed by atoms with E-state index in [-0.39, 0.29) is 11.9 Å². The number of amides is 1. The number of carbonyl (C=O) groups is 1. The summed E-state index contributed by atoms with van der Waals surface area (Å²) in [5.41, 5.74) is 5.16. The van der Waals surface area contributed by atoms with Gasteiger partial charge in [0.1, 0.15) is 0 Å². The van der Waals surface area contributed by atoms with Crippen molar-refractivity contribution in [3.63, 3.8) is 0 Å². The van der Waals surface area contributed by atoms with Crippen molar-refractivity contribution < 1.29 is 4.79 Å². The Morgan fingerprint density at radius 3 is 2.58 bits per heavy atom. The molecule has 0 radical (unpaired) electrons. The zero-order chi connectivity index (χ0) is 21.0. The predicted octanol–water partition coefficient (Wildman–Crippen LogP) is 5.55. The molecule has 5 aromatic rings. The van der Waals surface area contributed by atoms with E-state index in [0.29, 0.717) is 12.8 Å². The van der Waals surface area contributed by atoms with Gasteiger partial charge in [-0.25, -0.2) is 4.98 Å². The van der Waals surface area contributed by atoms with Gasteiger partial charge < -0.3 is 10.3 Å². The predicted molar refractivity (Wildman–Crippen MR) is 125 cm³/mol. The Hall–Kier alpha value is -3.92. The summed E-state index contributed by atoms with van der Waals surface area (Å²) in [6, 6.07) is 30.5. The molecule has 1 atom stereocenters. The number of aryl methyl sites for hydroxylation is 1. The molecule has 0 bridgehead atoms. The number of aromatic amines is 1. The number of carbonyl (C=O) groups excluding carboxylic acids is 1. The minimum atomic E-state index is -0.214. The summed E-state index contributed by atoms with van der Waals surface area (Å²) >= 11 is 0. The lowest BCUT2D eigenvalue weighted by molar-refractivity contribution is -0.121. The summed E-state index contributed by atoms with van der Waals surface area (Å²) in [7, 11) is 0. The number of aromatic nitrogens is 2. The standard InChI is InChI=1S/C27H23N3O/c31-26(16-14-20-11-6-10-19-7-4-5-12-23(19)20)30-27(21-8-2-1-3-9-21)22-13-15-24-25(17-22)29-18-28-24/h1-13,15,17-18,27H,14,16H2,(H,28,29)(H,30,31). The molecule has 4 nitrogen and oxygen atoms in total. The molecule has 5 rings (SSSR count). The van der Waals surface area contributed by atoms with Crippen LogP contribution >= 0.6 is 0 Å². The molecule has 0 fully saturated rings. The lowest BCUT2D eigenvalue weighted by Gasteiger charge is -2.20. The summed E-state index contributed by atoms with van der Waals surface area (Å²) in [6.07, 6.45) is 2.83. The van der Waals surface area contributed by atoms with Gasteiger partial charge in [0.2, 0.25) is 5.91 Å². The second kappa shape index (κ2) is 8.44. The number of nitrogens with zero attached hydrogens (tertiary/aromatic N) is 1. The topological polar surface area (TPSA) is 57.8 Å². The molecule has 1 heterocycles. The van der Waals surface area contributed by atoms with Crippen LogP contribution < -0.4 is 5.32 Å². The first-order valence-electron chi connectivity index (χ1n) is 10.5. The molecule has 0 aliphatic carbocycles. The first kappa shape index (κ1) is 19.1. The van der Waals surface area contributed by atoms with E-state index in [0.717, 1.165) is 22.2 Å². The molecule has 0 saturated carbocycles. The van der Waals surface area contributed by atoms with Crippen LogP contribution in [0, 0.1) is 0 Å². The molecule has 0 aliphatic rings. The molecule has 0 spiro atoms. The smallest absolute Gasteiger partial charge is 0.221 e. The minimum Gasteiger partial charge on any atom is -0.345 e. The number of fused-ring (bicyclic) bond motifs is 2. The van der Waals surface area contributed by atoms with Crippen LogP contribution in [0.1, 0.15) is 29.2 Å². The van der Waals surface area contributed by atoms with Gasteiger partial charge in [0.05, 0.1) is 23.4 Å². The maximum Gasteiger partial charge on any atom is 0.221 e. The molecule has 4 aromatic carbocycles. The van der Waals surface area contributed by atoms with Crippen LogP contribution in [-0.2, 0) is 11.2 Å². The first-order chi connectivity index (χ1) is 15.3. The van der Waals surface area contributed by atoms with Crippen LogP contribution in [0.4, 0.5) is 0 Å². The van der Waals surface area contributed by atoms with Crippen LogP contribution in [0.5, 0.6) is 0 Å². The Morgan fingerprint density at radius 2 is 1.68 bits per heavy atom. The summed E-state index contributed by atoms with van der Waals surface area (Å²) in [6.45, 7) is 0. The normalized spacial score (nSPS) is 12.1. The van der Waals surface area contributed by atoms with Crippen LogP contribution in [0.25, 0.3) is 21.8 Å². The van der Waals surface area contributed by atoms with E-state index in [1.807, 2.05) is 54.6 Å². The SMILES string of the molecule is O=C(CCc1cccc2ccccc12)NC(c1ccccc1)c1ccc2nc[nH]c2c1. The fourth-order valence-electron chi connectivity index (χ4n) is 4.13. The Bertz CT molecular complexity index is 1340. The molecule has 0 saturated heterocycles. The molecule has 31 heavy (non-hydrogen) atoms. The average Bonchev–Trinajstić information content (AvgIpc) is 3.30. The Kier molecular flexibility index (Phi) is 5.19. The van der Waals surface area contributed by atoms with Gasteiger partial charge in [-0.15, -0.1) is 0 Å². The van der Waals surface area contributed by atoms with E-state index in [1.54, 1.807) is 6.33 Å². The van der Waals surface area contributed by atoms with Gasteiger partial charge in [-0.3, -0.25) is 4.79 Å². The third-order valence-electron chi connectivity index (χ3n) is 5.72. The highest BCUT2D eigenvalue weighted by Gasteiger charge is 2.18. The molecule has 1 amide bonds. The summed E-state index contributed by atoms with van der Waals surface area (Å²) in [5.74, 6) is 0.0338. The maximum absolute atomic E-state index is 13.0. The van der Waals surface area contributed by atoms with Gasteiger partial charge in [0, 0.05) is 6.42 Å². The van der Waals surface area contributed by atoms with Crippen LogP contribution in [0.15, 0.2) is 97.3 Å². The molecule has 0 aliphatic heterocycles. The van der Waals surface area contributed by atoms with Crippen LogP contribution in [0.2, 0.25) is 0 Å². The maximum atomic E-state index is 13.0. The highest BCUT2D eigenvalue weighted by molar-refractivity contribution is 5.86. The van der Waals surface area contributed by atoms with E-state index >= 15 is 0 Å².